The first kappa shape index (κ1) is 18.4. The van der Waals surface area contributed by atoms with Gasteiger partial charge in [-0.2, -0.15) is 5.10 Å². The van der Waals surface area contributed by atoms with E-state index in [0.717, 1.165) is 22.2 Å². The number of fused-ring (bicyclic) bond motifs is 1. The zero-order chi connectivity index (χ0) is 18.7. The van der Waals surface area contributed by atoms with Gasteiger partial charge < -0.3 is 0 Å². The largest absolute Gasteiger partial charge is 0.294 e. The van der Waals surface area contributed by atoms with E-state index in [0.29, 0.717) is 18.4 Å². The lowest BCUT2D eigenvalue weighted by Crippen LogP contribution is -2.25. The molecule has 0 radical (unpaired) electrons. The minimum absolute atomic E-state index is 0.0437. The summed E-state index contributed by atoms with van der Waals surface area (Å²) in [7, 11) is 0. The fourth-order valence-electron chi connectivity index (χ4n) is 2.93. The van der Waals surface area contributed by atoms with Crippen LogP contribution >= 0.6 is 0 Å². The molecule has 0 saturated heterocycles. The second-order valence-corrected chi connectivity index (χ2v) is 7.12. The number of aromatic nitrogens is 2. The molecule has 0 amide bonds. The van der Waals surface area contributed by atoms with Crippen LogP contribution in [0.3, 0.4) is 0 Å². The van der Waals surface area contributed by atoms with Crippen LogP contribution in [0.2, 0.25) is 0 Å². The molecule has 0 aliphatic rings. The summed E-state index contributed by atoms with van der Waals surface area (Å²) >= 11 is -2.01. The second-order valence-electron chi connectivity index (χ2n) is 6.33. The van der Waals surface area contributed by atoms with Gasteiger partial charge in [0.05, 0.1) is 17.1 Å². The maximum absolute atomic E-state index is 12.7. The molecule has 0 fully saturated rings. The van der Waals surface area contributed by atoms with E-state index < -0.39 is 11.3 Å². The van der Waals surface area contributed by atoms with Crippen LogP contribution in [0, 0.1) is 0 Å². The molecule has 2 aromatic carbocycles. The summed E-state index contributed by atoms with van der Waals surface area (Å²) in [6.45, 7) is 4.26. The van der Waals surface area contributed by atoms with Gasteiger partial charge >= 0.3 is 0 Å². The Hall–Kier alpha value is -2.35. The third-order valence-corrected chi connectivity index (χ3v) is 4.61. The summed E-state index contributed by atoms with van der Waals surface area (Å²) in [5.74, 6) is 0. The van der Waals surface area contributed by atoms with Gasteiger partial charge in [0, 0.05) is 17.5 Å². The van der Waals surface area contributed by atoms with Crippen molar-refractivity contribution in [2.75, 3.05) is 6.54 Å². The van der Waals surface area contributed by atoms with Crippen LogP contribution < -0.4 is 10.3 Å². The molecule has 26 heavy (non-hydrogen) atoms. The van der Waals surface area contributed by atoms with E-state index in [2.05, 4.69) is 9.82 Å². The molecule has 3 aromatic rings. The van der Waals surface area contributed by atoms with E-state index >= 15 is 0 Å². The molecular formula is C19H21N3O3S. The molecule has 0 aliphatic heterocycles. The zero-order valence-electron chi connectivity index (χ0n) is 14.7. The van der Waals surface area contributed by atoms with E-state index in [-0.39, 0.29) is 11.6 Å². The van der Waals surface area contributed by atoms with Gasteiger partial charge in [0.15, 0.2) is 0 Å². The number of nitrogens with zero attached hydrogens (tertiary/aromatic N) is 2. The molecule has 1 aromatic heterocycles. The first-order valence-electron chi connectivity index (χ1n) is 8.42. The van der Waals surface area contributed by atoms with Gasteiger partial charge in [-0.1, -0.05) is 36.4 Å². The summed E-state index contributed by atoms with van der Waals surface area (Å²) in [6, 6.07) is 15.3. The molecule has 2 N–H and O–H groups in total. The number of rotatable bonds is 6. The van der Waals surface area contributed by atoms with Crippen LogP contribution in [0.1, 0.15) is 25.5 Å². The van der Waals surface area contributed by atoms with Gasteiger partial charge in [0.2, 0.25) is 11.3 Å². The van der Waals surface area contributed by atoms with Crippen LogP contribution in [0.25, 0.3) is 22.0 Å². The Labute approximate surface area is 154 Å². The van der Waals surface area contributed by atoms with Crippen molar-refractivity contribution in [3.63, 3.8) is 0 Å². The second kappa shape index (κ2) is 7.90. The number of hydrogen-bond donors (Lipinski definition) is 2. The fraction of sp³-hybridized carbons (Fsp3) is 0.263. The molecule has 3 rings (SSSR count). The Bertz CT molecular complexity index is 1010. The zero-order valence-corrected chi connectivity index (χ0v) is 15.5. The minimum Gasteiger partial charge on any atom is -0.294 e. The molecule has 1 unspecified atom stereocenters. The Morgan fingerprint density at radius 2 is 1.88 bits per heavy atom. The first-order valence-corrected chi connectivity index (χ1v) is 9.53. The van der Waals surface area contributed by atoms with Crippen molar-refractivity contribution in [3.05, 3.63) is 64.4 Å². The van der Waals surface area contributed by atoms with E-state index in [9.17, 15) is 9.00 Å². The summed E-state index contributed by atoms with van der Waals surface area (Å²) in [6.07, 6.45) is 0.613. The standard InChI is InChI=1S/C19H21N3O3S/c1-13(2)22-19(23)17-9-4-3-8-16(17)18(21-22)15-7-5-6-14(12-15)10-11-20-26(24)25/h3-9,12-13,20H,10-11H2,1-2H3,(H,24,25). The molecule has 0 aliphatic carbocycles. The Kier molecular flexibility index (Phi) is 5.61. The van der Waals surface area contributed by atoms with Crippen LogP contribution in [0.15, 0.2) is 53.3 Å². The molecule has 0 bridgehead atoms. The Morgan fingerprint density at radius 1 is 1.15 bits per heavy atom. The topological polar surface area (TPSA) is 84.2 Å². The van der Waals surface area contributed by atoms with E-state index in [1.807, 2.05) is 62.4 Å². The highest BCUT2D eigenvalue weighted by Crippen LogP contribution is 2.26. The maximum atomic E-state index is 12.7. The smallest absolute Gasteiger partial charge is 0.274 e. The van der Waals surface area contributed by atoms with E-state index in [1.165, 1.54) is 4.68 Å². The van der Waals surface area contributed by atoms with Crippen molar-refractivity contribution in [3.8, 4) is 11.3 Å². The SMILES string of the molecule is CC(C)n1nc(-c2cccc(CCNS(=O)O)c2)c2ccccc2c1=O. The molecule has 0 saturated carbocycles. The molecular weight excluding hydrogens is 350 g/mol. The Balaban J connectivity index is 2.09. The fourth-order valence-corrected chi connectivity index (χ4v) is 3.20. The van der Waals surface area contributed by atoms with Crippen molar-refractivity contribution in [1.82, 2.24) is 14.5 Å². The third-order valence-electron chi connectivity index (χ3n) is 4.16. The molecule has 136 valence electrons. The normalized spacial score (nSPS) is 12.6. The molecule has 7 heteroatoms. The van der Waals surface area contributed by atoms with E-state index in [4.69, 9.17) is 4.55 Å². The highest BCUT2D eigenvalue weighted by Gasteiger charge is 2.14. The van der Waals surface area contributed by atoms with Gasteiger partial charge in [-0.15, -0.1) is 0 Å². The van der Waals surface area contributed by atoms with Gasteiger partial charge in [-0.05, 0) is 38.0 Å². The van der Waals surface area contributed by atoms with Crippen LogP contribution in [-0.4, -0.2) is 25.1 Å². The summed E-state index contributed by atoms with van der Waals surface area (Å²) < 4.78 is 23.5. The van der Waals surface area contributed by atoms with Crippen LogP contribution in [0.5, 0.6) is 0 Å². The average Bonchev–Trinajstić information content (AvgIpc) is 2.62. The lowest BCUT2D eigenvalue weighted by atomic mass is 10.0. The lowest BCUT2D eigenvalue weighted by Gasteiger charge is -2.14. The maximum Gasteiger partial charge on any atom is 0.274 e. The Morgan fingerprint density at radius 3 is 2.58 bits per heavy atom. The van der Waals surface area contributed by atoms with Crippen LogP contribution in [0.4, 0.5) is 0 Å². The van der Waals surface area contributed by atoms with Gasteiger partial charge in [0.25, 0.3) is 5.56 Å². The van der Waals surface area contributed by atoms with Crippen LogP contribution in [-0.2, 0) is 17.7 Å². The van der Waals surface area contributed by atoms with Crippen molar-refractivity contribution in [2.24, 2.45) is 0 Å². The molecule has 0 spiro atoms. The van der Waals surface area contributed by atoms with Gasteiger partial charge in [0.1, 0.15) is 0 Å². The van der Waals surface area contributed by atoms with Gasteiger partial charge in [-0.25, -0.2) is 13.6 Å². The highest BCUT2D eigenvalue weighted by molar-refractivity contribution is 7.77. The average molecular weight is 371 g/mol. The molecule has 1 heterocycles. The predicted octanol–water partition coefficient (Wildman–Crippen LogP) is 2.91. The summed E-state index contributed by atoms with van der Waals surface area (Å²) in [5.41, 5.74) is 2.60. The minimum atomic E-state index is -2.01. The molecule has 6 nitrogen and oxygen atoms in total. The highest BCUT2D eigenvalue weighted by atomic mass is 32.2. The summed E-state index contributed by atoms with van der Waals surface area (Å²) in [5, 5.41) is 6.09. The monoisotopic (exact) mass is 371 g/mol. The van der Waals surface area contributed by atoms with Crippen molar-refractivity contribution in [1.29, 1.82) is 0 Å². The summed E-state index contributed by atoms with van der Waals surface area (Å²) in [4.78, 5) is 12.7. The van der Waals surface area contributed by atoms with Crippen molar-refractivity contribution in [2.45, 2.75) is 26.3 Å². The number of nitrogens with one attached hydrogen (secondary N) is 1. The lowest BCUT2D eigenvalue weighted by molar-refractivity contribution is 0.510. The predicted molar refractivity (Wildman–Crippen MR) is 104 cm³/mol. The number of benzene rings is 2. The molecule has 1 atom stereocenters. The quantitative estimate of drug-likeness (QED) is 0.653. The van der Waals surface area contributed by atoms with E-state index in [1.54, 1.807) is 0 Å². The van der Waals surface area contributed by atoms with Crippen molar-refractivity contribution >= 4 is 22.0 Å². The van der Waals surface area contributed by atoms with Gasteiger partial charge in [-0.3, -0.25) is 9.35 Å². The third kappa shape index (κ3) is 3.90. The van der Waals surface area contributed by atoms with Crippen molar-refractivity contribution < 1.29 is 8.76 Å². The number of hydrogen-bond acceptors (Lipinski definition) is 3. The first-order chi connectivity index (χ1) is 12.5.